The number of hydrogen-bond donors (Lipinski definition) is 2. The molecule has 1 aromatic heterocycles. The number of benzene rings is 2. The lowest BCUT2D eigenvalue weighted by molar-refractivity contribution is 0.322. The Morgan fingerprint density at radius 1 is 1.07 bits per heavy atom. The largest absolute Gasteiger partial charge is 0.490 e. The number of guanidine groups is 1. The Labute approximate surface area is 175 Å². The van der Waals surface area contributed by atoms with Gasteiger partial charge in [-0.2, -0.15) is 0 Å². The van der Waals surface area contributed by atoms with Gasteiger partial charge in [-0.1, -0.05) is 54.1 Å². The molecule has 3 aromatic rings. The summed E-state index contributed by atoms with van der Waals surface area (Å²) in [5.74, 6) is 3.05. The number of nitrogens with one attached hydrogen (secondary N) is 2. The predicted octanol–water partition coefficient (Wildman–Crippen LogP) is 3.09. The fourth-order valence-electron chi connectivity index (χ4n) is 2.59. The number of ether oxygens (including phenoxy) is 1. The molecule has 0 saturated carbocycles. The fourth-order valence-corrected chi connectivity index (χ4v) is 2.78. The zero-order chi connectivity index (χ0) is 20.5. The number of aliphatic imine (C=N–C) groups is 1. The van der Waals surface area contributed by atoms with Crippen molar-refractivity contribution < 1.29 is 4.74 Å². The summed E-state index contributed by atoms with van der Waals surface area (Å²) in [7, 11) is 1.94. The maximum Gasteiger partial charge on any atom is 0.192 e. The monoisotopic (exact) mass is 412 g/mol. The topological polar surface area (TPSA) is 76.4 Å². The van der Waals surface area contributed by atoms with Gasteiger partial charge in [0.1, 0.15) is 18.2 Å². The Morgan fingerprint density at radius 3 is 2.55 bits per heavy atom. The average molecular weight is 413 g/mol. The third kappa shape index (κ3) is 6.22. The van der Waals surface area contributed by atoms with E-state index in [-0.39, 0.29) is 0 Å². The first kappa shape index (κ1) is 20.7. The lowest BCUT2D eigenvalue weighted by Crippen LogP contribution is -2.39. The fraction of sp³-hybridized carbons (Fsp3) is 0.286. The molecule has 2 N–H and O–H groups in total. The third-order valence-corrected chi connectivity index (χ3v) is 4.66. The first-order valence-electron chi connectivity index (χ1n) is 9.42. The quantitative estimate of drug-likeness (QED) is 0.338. The van der Waals surface area contributed by atoms with Crippen LogP contribution in [0.2, 0.25) is 5.02 Å². The third-order valence-electron chi connectivity index (χ3n) is 4.35. The van der Waals surface area contributed by atoms with Crippen LogP contribution < -0.4 is 15.4 Å². The van der Waals surface area contributed by atoms with E-state index in [1.54, 1.807) is 0 Å². The number of hydrogen-bond acceptors (Lipinski definition) is 4. The highest BCUT2D eigenvalue weighted by atomic mass is 35.5. The first-order valence-corrected chi connectivity index (χ1v) is 9.79. The molecule has 2 aromatic carbocycles. The van der Waals surface area contributed by atoms with Gasteiger partial charge in [-0.25, -0.2) is 4.99 Å². The molecule has 0 saturated heterocycles. The van der Waals surface area contributed by atoms with Crippen molar-refractivity contribution in [3.05, 3.63) is 76.8 Å². The molecule has 7 nitrogen and oxygen atoms in total. The molecular formula is C21H25ClN6O. The minimum Gasteiger partial charge on any atom is -0.490 e. The van der Waals surface area contributed by atoms with Gasteiger partial charge in [0.15, 0.2) is 11.8 Å². The van der Waals surface area contributed by atoms with Crippen LogP contribution in [0.25, 0.3) is 0 Å². The van der Waals surface area contributed by atoms with Crippen LogP contribution in [0.4, 0.5) is 0 Å². The number of para-hydroxylation sites is 1. The number of rotatable bonds is 8. The summed E-state index contributed by atoms with van der Waals surface area (Å²) in [4.78, 5) is 4.66. The summed E-state index contributed by atoms with van der Waals surface area (Å²) >= 11 is 6.12. The van der Waals surface area contributed by atoms with Crippen LogP contribution in [-0.2, 0) is 20.1 Å². The normalized spacial score (nSPS) is 11.3. The molecular weight excluding hydrogens is 388 g/mol. The highest BCUT2D eigenvalue weighted by Gasteiger charge is 2.07. The van der Waals surface area contributed by atoms with Gasteiger partial charge >= 0.3 is 0 Å². The van der Waals surface area contributed by atoms with Crippen molar-refractivity contribution in [2.75, 3.05) is 13.2 Å². The molecule has 3 rings (SSSR count). The molecule has 0 radical (unpaired) electrons. The Morgan fingerprint density at radius 2 is 1.83 bits per heavy atom. The number of nitrogens with zero attached hydrogens (tertiary/aromatic N) is 4. The van der Waals surface area contributed by atoms with E-state index in [1.807, 2.05) is 73.1 Å². The molecule has 0 aliphatic heterocycles. The van der Waals surface area contributed by atoms with Crippen molar-refractivity contribution in [3.8, 4) is 5.75 Å². The van der Waals surface area contributed by atoms with E-state index in [0.717, 1.165) is 17.2 Å². The average Bonchev–Trinajstić information content (AvgIpc) is 3.06. The van der Waals surface area contributed by atoms with Crippen LogP contribution in [0.3, 0.4) is 0 Å². The van der Waals surface area contributed by atoms with E-state index in [9.17, 15) is 0 Å². The van der Waals surface area contributed by atoms with Crippen molar-refractivity contribution in [3.63, 3.8) is 0 Å². The molecule has 0 bridgehead atoms. The van der Waals surface area contributed by atoms with Crippen LogP contribution in [0, 0.1) is 6.92 Å². The smallest absolute Gasteiger partial charge is 0.192 e. The summed E-state index contributed by atoms with van der Waals surface area (Å²) in [6.07, 6.45) is 0. The highest BCUT2D eigenvalue weighted by molar-refractivity contribution is 6.32. The zero-order valence-electron chi connectivity index (χ0n) is 16.6. The molecule has 0 amide bonds. The number of aromatic nitrogens is 3. The molecule has 0 spiro atoms. The van der Waals surface area contributed by atoms with Crippen LogP contribution >= 0.6 is 11.6 Å². The molecule has 0 aliphatic carbocycles. The second-order valence-electron chi connectivity index (χ2n) is 6.43. The van der Waals surface area contributed by atoms with Gasteiger partial charge in [-0.15, -0.1) is 10.2 Å². The zero-order valence-corrected chi connectivity index (χ0v) is 17.4. The summed E-state index contributed by atoms with van der Waals surface area (Å²) in [6.45, 7) is 4.04. The van der Waals surface area contributed by atoms with E-state index in [0.29, 0.717) is 43.0 Å². The lowest BCUT2D eigenvalue weighted by Gasteiger charge is -2.13. The summed E-state index contributed by atoms with van der Waals surface area (Å²) < 4.78 is 7.68. The van der Waals surface area contributed by atoms with Gasteiger partial charge < -0.3 is 19.9 Å². The van der Waals surface area contributed by atoms with Crippen molar-refractivity contribution in [1.82, 2.24) is 25.4 Å². The molecule has 0 unspecified atom stereocenters. The lowest BCUT2D eigenvalue weighted by atomic mass is 10.2. The minimum absolute atomic E-state index is 0.457. The minimum atomic E-state index is 0.457. The Kier molecular flexibility index (Phi) is 7.47. The Hall–Kier alpha value is -3.06. The Bertz CT molecular complexity index is 941. The van der Waals surface area contributed by atoms with E-state index in [4.69, 9.17) is 16.3 Å². The van der Waals surface area contributed by atoms with Crippen molar-refractivity contribution in [2.45, 2.75) is 20.0 Å². The maximum atomic E-state index is 6.12. The number of halogens is 1. The molecule has 0 aliphatic rings. The van der Waals surface area contributed by atoms with Gasteiger partial charge in [0, 0.05) is 7.05 Å². The maximum absolute atomic E-state index is 6.12. The SMILES string of the molecule is Cc1nnc(CNC(=NCc2ccccc2)NCCOc2ccccc2Cl)n1C. The predicted molar refractivity (Wildman–Crippen MR) is 115 cm³/mol. The summed E-state index contributed by atoms with van der Waals surface area (Å²) in [5.41, 5.74) is 1.13. The second-order valence-corrected chi connectivity index (χ2v) is 6.84. The van der Waals surface area contributed by atoms with E-state index < -0.39 is 0 Å². The highest BCUT2D eigenvalue weighted by Crippen LogP contribution is 2.22. The van der Waals surface area contributed by atoms with E-state index in [1.165, 1.54) is 0 Å². The van der Waals surface area contributed by atoms with Gasteiger partial charge in [-0.3, -0.25) is 0 Å². The van der Waals surface area contributed by atoms with Crippen LogP contribution in [-0.4, -0.2) is 33.9 Å². The van der Waals surface area contributed by atoms with E-state index >= 15 is 0 Å². The van der Waals surface area contributed by atoms with Gasteiger partial charge in [0.2, 0.25) is 0 Å². The van der Waals surface area contributed by atoms with Gasteiger partial charge in [-0.05, 0) is 24.6 Å². The first-order chi connectivity index (χ1) is 14.1. The molecule has 0 atom stereocenters. The van der Waals surface area contributed by atoms with Crippen LogP contribution in [0.15, 0.2) is 59.6 Å². The standard InChI is InChI=1S/C21H25ClN6O/c1-16-26-27-20(28(16)2)15-25-21(24-14-17-8-4-3-5-9-17)23-12-13-29-19-11-7-6-10-18(19)22/h3-11H,12-15H2,1-2H3,(H2,23,24,25). The Balaban J connectivity index is 1.57. The second kappa shape index (κ2) is 10.5. The number of aryl methyl sites for hydroxylation is 1. The molecule has 1 heterocycles. The van der Waals surface area contributed by atoms with Crippen molar-refractivity contribution in [2.24, 2.45) is 12.0 Å². The van der Waals surface area contributed by atoms with Crippen molar-refractivity contribution >= 4 is 17.6 Å². The molecule has 29 heavy (non-hydrogen) atoms. The summed E-state index contributed by atoms with van der Waals surface area (Å²) in [5, 5.41) is 15.5. The summed E-state index contributed by atoms with van der Waals surface area (Å²) in [6, 6.07) is 17.5. The van der Waals surface area contributed by atoms with Crippen LogP contribution in [0.5, 0.6) is 5.75 Å². The molecule has 8 heteroatoms. The van der Waals surface area contributed by atoms with Crippen LogP contribution in [0.1, 0.15) is 17.2 Å². The van der Waals surface area contributed by atoms with Crippen molar-refractivity contribution in [1.29, 1.82) is 0 Å². The van der Waals surface area contributed by atoms with E-state index in [2.05, 4.69) is 25.8 Å². The molecule has 0 fully saturated rings. The van der Waals surface area contributed by atoms with Gasteiger partial charge in [0.05, 0.1) is 24.7 Å². The molecule has 152 valence electrons. The van der Waals surface area contributed by atoms with Gasteiger partial charge in [0.25, 0.3) is 0 Å².